The van der Waals surface area contributed by atoms with Crippen molar-refractivity contribution in [2.45, 2.75) is 25.6 Å². The molecule has 1 aromatic heterocycles. The molecule has 1 unspecified atom stereocenters. The van der Waals surface area contributed by atoms with E-state index >= 15 is 0 Å². The van der Waals surface area contributed by atoms with Gasteiger partial charge in [-0.05, 0) is 24.1 Å². The van der Waals surface area contributed by atoms with Crippen LogP contribution in [-0.2, 0) is 13.1 Å². The van der Waals surface area contributed by atoms with Gasteiger partial charge in [-0.15, -0.1) is 0 Å². The zero-order valence-electron chi connectivity index (χ0n) is 11.4. The van der Waals surface area contributed by atoms with Crippen molar-refractivity contribution in [2.75, 3.05) is 13.1 Å². The number of rotatable bonds is 4. The molecule has 0 aliphatic carbocycles. The van der Waals surface area contributed by atoms with Crippen LogP contribution in [-0.4, -0.2) is 27.5 Å². The Morgan fingerprint density at radius 3 is 2.85 bits per heavy atom. The van der Waals surface area contributed by atoms with Crippen LogP contribution >= 0.6 is 0 Å². The molecule has 0 saturated heterocycles. The minimum Gasteiger partial charge on any atom is -0.333 e. The van der Waals surface area contributed by atoms with Crippen LogP contribution in [0, 0.1) is 5.82 Å². The third kappa shape index (κ3) is 2.89. The zero-order chi connectivity index (χ0) is 13.9. The molecule has 2 heterocycles. The number of benzene rings is 1. The van der Waals surface area contributed by atoms with Gasteiger partial charge in [-0.3, -0.25) is 4.90 Å². The maximum Gasteiger partial charge on any atom is 0.123 e. The van der Waals surface area contributed by atoms with E-state index < -0.39 is 0 Å². The van der Waals surface area contributed by atoms with Gasteiger partial charge in [0.2, 0.25) is 0 Å². The molecule has 0 spiro atoms. The van der Waals surface area contributed by atoms with Crippen LogP contribution in [0.2, 0.25) is 0 Å². The summed E-state index contributed by atoms with van der Waals surface area (Å²) in [4.78, 5) is 6.72. The van der Waals surface area contributed by atoms with E-state index in [1.165, 1.54) is 12.1 Å². The Kier molecular flexibility index (Phi) is 3.80. The molecule has 1 aromatic carbocycles. The highest BCUT2D eigenvalue weighted by Crippen LogP contribution is 2.17. The van der Waals surface area contributed by atoms with Crippen LogP contribution in [0.15, 0.2) is 36.7 Å². The van der Waals surface area contributed by atoms with E-state index in [1.54, 1.807) is 12.1 Å². The van der Waals surface area contributed by atoms with Gasteiger partial charge in [0.25, 0.3) is 0 Å². The summed E-state index contributed by atoms with van der Waals surface area (Å²) in [6, 6.07) is 6.42. The lowest BCUT2D eigenvalue weighted by Crippen LogP contribution is -2.35. The monoisotopic (exact) mass is 274 g/mol. The Hall–Kier alpha value is -1.72. The molecule has 2 aromatic rings. The number of fused-ring (bicyclic) bond motifs is 1. The van der Waals surface area contributed by atoms with Gasteiger partial charge in [-0.1, -0.05) is 12.1 Å². The van der Waals surface area contributed by atoms with Crippen molar-refractivity contribution in [3.05, 3.63) is 53.9 Å². The maximum absolute atomic E-state index is 12.9. The molecule has 0 amide bonds. The van der Waals surface area contributed by atoms with E-state index in [4.69, 9.17) is 5.73 Å². The third-order valence-corrected chi connectivity index (χ3v) is 3.88. The Morgan fingerprint density at radius 1 is 1.25 bits per heavy atom. The molecular weight excluding hydrogens is 255 g/mol. The molecule has 1 aliphatic rings. The second-order valence-corrected chi connectivity index (χ2v) is 5.26. The van der Waals surface area contributed by atoms with Gasteiger partial charge in [0.15, 0.2) is 0 Å². The average molecular weight is 274 g/mol. The third-order valence-electron chi connectivity index (χ3n) is 3.88. The summed E-state index contributed by atoms with van der Waals surface area (Å²) in [5.74, 6) is 0.899. The zero-order valence-corrected chi connectivity index (χ0v) is 11.4. The summed E-state index contributed by atoms with van der Waals surface area (Å²) in [7, 11) is 0. The molecule has 3 rings (SSSR count). The fourth-order valence-electron chi connectivity index (χ4n) is 2.61. The van der Waals surface area contributed by atoms with E-state index in [0.29, 0.717) is 0 Å². The second-order valence-electron chi connectivity index (χ2n) is 5.26. The van der Waals surface area contributed by atoms with Gasteiger partial charge in [-0.2, -0.15) is 0 Å². The van der Waals surface area contributed by atoms with Gasteiger partial charge in [0, 0.05) is 38.1 Å². The van der Waals surface area contributed by atoms with Crippen LogP contribution < -0.4 is 5.73 Å². The molecule has 0 bridgehead atoms. The summed E-state index contributed by atoms with van der Waals surface area (Å²) in [5.41, 5.74) is 7.16. The number of halogens is 1. The molecule has 1 atom stereocenters. The Labute approximate surface area is 118 Å². The van der Waals surface area contributed by atoms with E-state index in [0.717, 1.165) is 44.0 Å². The van der Waals surface area contributed by atoms with E-state index in [9.17, 15) is 4.39 Å². The van der Waals surface area contributed by atoms with Crippen LogP contribution in [0.1, 0.15) is 23.9 Å². The van der Waals surface area contributed by atoms with Crippen molar-refractivity contribution in [1.29, 1.82) is 0 Å². The van der Waals surface area contributed by atoms with Crippen LogP contribution in [0.25, 0.3) is 0 Å². The van der Waals surface area contributed by atoms with Crippen molar-refractivity contribution in [3.63, 3.8) is 0 Å². The van der Waals surface area contributed by atoms with Gasteiger partial charge in [-0.25, -0.2) is 9.37 Å². The lowest BCUT2D eigenvalue weighted by Gasteiger charge is -2.28. The van der Waals surface area contributed by atoms with Crippen LogP contribution in [0.5, 0.6) is 0 Å². The SMILES string of the molecule is NC(CCN1CCn2ccnc2C1)c1ccc(F)cc1. The molecule has 5 heteroatoms. The predicted octanol–water partition coefficient (Wildman–Crippen LogP) is 1.93. The highest BCUT2D eigenvalue weighted by atomic mass is 19.1. The smallest absolute Gasteiger partial charge is 0.123 e. The van der Waals surface area contributed by atoms with Crippen molar-refractivity contribution >= 4 is 0 Å². The maximum atomic E-state index is 12.9. The van der Waals surface area contributed by atoms with Gasteiger partial charge < -0.3 is 10.3 Å². The number of nitrogens with zero attached hydrogens (tertiary/aromatic N) is 3. The average Bonchev–Trinajstić information content (AvgIpc) is 2.93. The largest absolute Gasteiger partial charge is 0.333 e. The Morgan fingerprint density at radius 2 is 2.05 bits per heavy atom. The van der Waals surface area contributed by atoms with E-state index in [1.807, 2.05) is 12.4 Å². The first-order chi connectivity index (χ1) is 9.72. The number of aromatic nitrogens is 2. The molecule has 20 heavy (non-hydrogen) atoms. The van der Waals surface area contributed by atoms with Crippen molar-refractivity contribution in [3.8, 4) is 0 Å². The standard InChI is InChI=1S/C15H19FN4/c16-13-3-1-12(2-4-13)14(17)5-7-19-9-10-20-8-6-18-15(20)11-19/h1-4,6,8,14H,5,7,9-11,17H2. The van der Waals surface area contributed by atoms with Gasteiger partial charge in [0.1, 0.15) is 11.6 Å². The Balaban J connectivity index is 1.54. The highest BCUT2D eigenvalue weighted by Gasteiger charge is 2.17. The molecule has 2 N–H and O–H groups in total. The minimum atomic E-state index is -0.219. The predicted molar refractivity (Wildman–Crippen MR) is 75.4 cm³/mol. The quantitative estimate of drug-likeness (QED) is 0.926. The molecule has 106 valence electrons. The van der Waals surface area contributed by atoms with Crippen molar-refractivity contribution in [1.82, 2.24) is 14.5 Å². The van der Waals surface area contributed by atoms with Gasteiger partial charge in [0.05, 0.1) is 6.54 Å². The number of hydrogen-bond donors (Lipinski definition) is 1. The topological polar surface area (TPSA) is 47.1 Å². The van der Waals surface area contributed by atoms with Crippen molar-refractivity contribution in [2.24, 2.45) is 5.73 Å². The molecule has 0 fully saturated rings. The Bertz CT molecular complexity index is 564. The molecule has 1 aliphatic heterocycles. The fraction of sp³-hybridized carbons (Fsp3) is 0.400. The minimum absolute atomic E-state index is 0.0442. The normalized spacial score (nSPS) is 16.9. The summed E-state index contributed by atoms with van der Waals surface area (Å²) in [6.45, 7) is 3.83. The fourth-order valence-corrected chi connectivity index (χ4v) is 2.61. The number of imidazole rings is 1. The summed E-state index contributed by atoms with van der Waals surface area (Å²) < 4.78 is 15.1. The first-order valence-electron chi connectivity index (χ1n) is 6.96. The first kappa shape index (κ1) is 13.3. The number of nitrogens with two attached hydrogens (primary N) is 1. The van der Waals surface area contributed by atoms with E-state index in [2.05, 4.69) is 14.5 Å². The lowest BCUT2D eigenvalue weighted by molar-refractivity contribution is 0.210. The molecule has 0 saturated carbocycles. The first-order valence-corrected chi connectivity index (χ1v) is 6.96. The highest BCUT2D eigenvalue weighted by molar-refractivity contribution is 5.19. The number of hydrogen-bond acceptors (Lipinski definition) is 3. The summed E-state index contributed by atoms with van der Waals surface area (Å²) in [6.07, 6.45) is 4.74. The van der Waals surface area contributed by atoms with Crippen LogP contribution in [0.3, 0.4) is 0 Å². The molecule has 0 radical (unpaired) electrons. The second kappa shape index (κ2) is 5.73. The van der Waals surface area contributed by atoms with Gasteiger partial charge >= 0.3 is 0 Å². The van der Waals surface area contributed by atoms with Crippen LogP contribution in [0.4, 0.5) is 4.39 Å². The molecule has 4 nitrogen and oxygen atoms in total. The summed E-state index contributed by atoms with van der Waals surface area (Å²) >= 11 is 0. The van der Waals surface area contributed by atoms with Crippen molar-refractivity contribution < 1.29 is 4.39 Å². The summed E-state index contributed by atoms with van der Waals surface area (Å²) in [5, 5.41) is 0. The lowest BCUT2D eigenvalue weighted by atomic mass is 10.0. The molecular formula is C15H19FN4. The van der Waals surface area contributed by atoms with E-state index in [-0.39, 0.29) is 11.9 Å².